The van der Waals surface area contributed by atoms with E-state index in [-0.39, 0.29) is 25.0 Å². The molecule has 1 fully saturated rings. The van der Waals surface area contributed by atoms with E-state index in [1.807, 2.05) is 42.5 Å². The third kappa shape index (κ3) is 4.64. The molecule has 0 radical (unpaired) electrons. The first kappa shape index (κ1) is 17.1. The van der Waals surface area contributed by atoms with Crippen LogP contribution in [0.5, 0.6) is 0 Å². The number of amides is 2. The SMILES string of the molecule is O=C(NCCc1ccncc1)[C@H]1COCC(=O)N1Cc1ccccc1. The lowest BCUT2D eigenvalue weighted by molar-refractivity contribution is -0.155. The van der Waals surface area contributed by atoms with E-state index in [9.17, 15) is 9.59 Å². The van der Waals surface area contributed by atoms with Crippen LogP contribution in [-0.2, 0) is 27.3 Å². The molecule has 0 spiro atoms. The van der Waals surface area contributed by atoms with Crippen LogP contribution in [0.1, 0.15) is 11.1 Å². The fourth-order valence-corrected chi connectivity index (χ4v) is 2.80. The number of carbonyl (C=O) groups is 2. The Bertz CT molecular complexity index is 706. The van der Waals surface area contributed by atoms with Gasteiger partial charge in [0.05, 0.1) is 6.61 Å². The summed E-state index contributed by atoms with van der Waals surface area (Å²) >= 11 is 0. The Morgan fingerprint density at radius 3 is 2.68 bits per heavy atom. The number of ether oxygens (including phenoxy) is 1. The van der Waals surface area contributed by atoms with E-state index in [1.165, 1.54) is 0 Å². The van der Waals surface area contributed by atoms with Crippen LogP contribution in [0.15, 0.2) is 54.9 Å². The molecule has 6 nitrogen and oxygen atoms in total. The van der Waals surface area contributed by atoms with Crippen LogP contribution in [0.2, 0.25) is 0 Å². The zero-order valence-electron chi connectivity index (χ0n) is 13.9. The van der Waals surface area contributed by atoms with Crippen LogP contribution in [-0.4, -0.2) is 47.5 Å². The van der Waals surface area contributed by atoms with Gasteiger partial charge in [-0.15, -0.1) is 0 Å². The molecule has 1 atom stereocenters. The second kappa shape index (κ2) is 8.39. The van der Waals surface area contributed by atoms with Crippen molar-refractivity contribution < 1.29 is 14.3 Å². The number of rotatable bonds is 6. The van der Waals surface area contributed by atoms with Gasteiger partial charge < -0.3 is 15.0 Å². The molecule has 1 N–H and O–H groups in total. The Morgan fingerprint density at radius 1 is 1.16 bits per heavy atom. The summed E-state index contributed by atoms with van der Waals surface area (Å²) in [6.07, 6.45) is 4.17. The molecule has 1 aliphatic heterocycles. The van der Waals surface area contributed by atoms with Crippen molar-refractivity contribution in [1.29, 1.82) is 0 Å². The van der Waals surface area contributed by atoms with Crippen molar-refractivity contribution in [1.82, 2.24) is 15.2 Å². The molecule has 1 saturated heterocycles. The van der Waals surface area contributed by atoms with Gasteiger partial charge in [-0.05, 0) is 29.7 Å². The van der Waals surface area contributed by atoms with Crippen molar-refractivity contribution >= 4 is 11.8 Å². The minimum Gasteiger partial charge on any atom is -0.369 e. The highest BCUT2D eigenvalue weighted by Gasteiger charge is 2.33. The number of morpholine rings is 1. The van der Waals surface area contributed by atoms with Crippen molar-refractivity contribution in [2.24, 2.45) is 0 Å². The van der Waals surface area contributed by atoms with Gasteiger partial charge in [0, 0.05) is 25.5 Å². The Hall–Kier alpha value is -2.73. The maximum atomic E-state index is 12.5. The average molecular weight is 339 g/mol. The Balaban J connectivity index is 1.59. The van der Waals surface area contributed by atoms with Gasteiger partial charge in [0.1, 0.15) is 12.6 Å². The lowest BCUT2D eigenvalue weighted by Gasteiger charge is -2.34. The predicted molar refractivity (Wildman–Crippen MR) is 92.5 cm³/mol. The summed E-state index contributed by atoms with van der Waals surface area (Å²) in [5, 5.41) is 2.90. The van der Waals surface area contributed by atoms with E-state index in [0.717, 1.165) is 11.1 Å². The molecule has 25 heavy (non-hydrogen) atoms. The molecule has 1 aromatic heterocycles. The highest BCUT2D eigenvalue weighted by Crippen LogP contribution is 2.14. The van der Waals surface area contributed by atoms with E-state index >= 15 is 0 Å². The number of carbonyl (C=O) groups excluding carboxylic acids is 2. The number of pyridine rings is 1. The Kier molecular flexibility index (Phi) is 5.74. The van der Waals surface area contributed by atoms with Crippen LogP contribution in [0.25, 0.3) is 0 Å². The molecule has 2 heterocycles. The summed E-state index contributed by atoms with van der Waals surface area (Å²) in [5.41, 5.74) is 2.10. The van der Waals surface area contributed by atoms with Gasteiger partial charge in [-0.25, -0.2) is 0 Å². The van der Waals surface area contributed by atoms with Gasteiger partial charge in [0.2, 0.25) is 11.8 Å². The molecule has 3 rings (SSSR count). The topological polar surface area (TPSA) is 71.5 Å². The summed E-state index contributed by atoms with van der Waals surface area (Å²) in [5.74, 6) is -0.345. The monoisotopic (exact) mass is 339 g/mol. The maximum Gasteiger partial charge on any atom is 0.249 e. The first-order valence-corrected chi connectivity index (χ1v) is 8.32. The highest BCUT2D eigenvalue weighted by atomic mass is 16.5. The minimum atomic E-state index is -0.598. The predicted octanol–water partition coefficient (Wildman–Crippen LogP) is 1.17. The first-order valence-electron chi connectivity index (χ1n) is 8.32. The maximum absolute atomic E-state index is 12.5. The molecule has 6 heteroatoms. The normalized spacial score (nSPS) is 17.4. The average Bonchev–Trinajstić information content (AvgIpc) is 2.65. The summed E-state index contributed by atoms with van der Waals surface area (Å²) in [7, 11) is 0. The molecular weight excluding hydrogens is 318 g/mol. The van der Waals surface area contributed by atoms with E-state index in [2.05, 4.69) is 10.3 Å². The lowest BCUT2D eigenvalue weighted by atomic mass is 10.1. The second-order valence-electron chi connectivity index (χ2n) is 5.93. The van der Waals surface area contributed by atoms with Gasteiger partial charge in [-0.1, -0.05) is 30.3 Å². The molecular formula is C19H21N3O3. The van der Waals surface area contributed by atoms with Crippen LogP contribution in [0.4, 0.5) is 0 Å². The van der Waals surface area contributed by atoms with E-state index < -0.39 is 6.04 Å². The van der Waals surface area contributed by atoms with Crippen molar-refractivity contribution in [3.8, 4) is 0 Å². The fourth-order valence-electron chi connectivity index (χ4n) is 2.80. The minimum absolute atomic E-state index is 0.0215. The lowest BCUT2D eigenvalue weighted by Crippen LogP contribution is -2.56. The summed E-state index contributed by atoms with van der Waals surface area (Å²) in [4.78, 5) is 30.3. The molecule has 130 valence electrons. The molecule has 1 aliphatic rings. The van der Waals surface area contributed by atoms with Crippen molar-refractivity contribution in [3.63, 3.8) is 0 Å². The zero-order valence-corrected chi connectivity index (χ0v) is 13.9. The molecule has 0 saturated carbocycles. The summed E-state index contributed by atoms with van der Waals surface area (Å²) in [6.45, 7) is 1.16. The van der Waals surface area contributed by atoms with Crippen LogP contribution < -0.4 is 5.32 Å². The zero-order chi connectivity index (χ0) is 17.5. The molecule has 0 aliphatic carbocycles. The number of hydrogen-bond acceptors (Lipinski definition) is 4. The molecule has 0 bridgehead atoms. The van der Waals surface area contributed by atoms with Gasteiger partial charge in [-0.3, -0.25) is 14.6 Å². The Labute approximate surface area is 146 Å². The van der Waals surface area contributed by atoms with Gasteiger partial charge in [0.15, 0.2) is 0 Å². The largest absolute Gasteiger partial charge is 0.369 e. The Morgan fingerprint density at radius 2 is 1.92 bits per heavy atom. The number of aromatic nitrogens is 1. The van der Waals surface area contributed by atoms with E-state index in [0.29, 0.717) is 19.5 Å². The van der Waals surface area contributed by atoms with Crippen LogP contribution in [0, 0.1) is 0 Å². The van der Waals surface area contributed by atoms with Crippen molar-refractivity contribution in [2.75, 3.05) is 19.8 Å². The first-order chi connectivity index (χ1) is 12.2. The fraction of sp³-hybridized carbons (Fsp3) is 0.316. The van der Waals surface area contributed by atoms with Crippen molar-refractivity contribution in [3.05, 3.63) is 66.0 Å². The third-order valence-electron chi connectivity index (χ3n) is 4.16. The van der Waals surface area contributed by atoms with Crippen LogP contribution >= 0.6 is 0 Å². The summed E-state index contributed by atoms with van der Waals surface area (Å²) < 4.78 is 5.29. The molecule has 0 unspecified atom stereocenters. The molecule has 1 aromatic carbocycles. The quantitative estimate of drug-likeness (QED) is 0.857. The number of nitrogens with zero attached hydrogens (tertiary/aromatic N) is 2. The number of benzene rings is 1. The number of hydrogen-bond donors (Lipinski definition) is 1. The van der Waals surface area contributed by atoms with Gasteiger partial charge in [-0.2, -0.15) is 0 Å². The van der Waals surface area contributed by atoms with E-state index in [4.69, 9.17) is 4.74 Å². The summed E-state index contributed by atoms with van der Waals surface area (Å²) in [6, 6.07) is 12.9. The molecule has 2 amide bonds. The standard InChI is InChI=1S/C19H21N3O3/c23-18-14-25-13-17(22(18)12-16-4-2-1-3-5-16)19(24)21-11-8-15-6-9-20-10-7-15/h1-7,9-10,17H,8,11-14H2,(H,21,24)/t17-/m1/s1. The van der Waals surface area contributed by atoms with Crippen molar-refractivity contribution in [2.45, 2.75) is 19.0 Å². The third-order valence-corrected chi connectivity index (χ3v) is 4.16. The van der Waals surface area contributed by atoms with Crippen LogP contribution in [0.3, 0.4) is 0 Å². The number of nitrogens with one attached hydrogen (secondary N) is 1. The van der Waals surface area contributed by atoms with Gasteiger partial charge in [0.25, 0.3) is 0 Å². The van der Waals surface area contributed by atoms with Gasteiger partial charge >= 0.3 is 0 Å². The highest BCUT2D eigenvalue weighted by molar-refractivity contribution is 5.89. The van der Waals surface area contributed by atoms with E-state index in [1.54, 1.807) is 17.3 Å². The molecule has 2 aromatic rings. The second-order valence-corrected chi connectivity index (χ2v) is 5.93. The smallest absolute Gasteiger partial charge is 0.249 e.